The summed E-state index contributed by atoms with van der Waals surface area (Å²) in [5.74, 6) is -0.339. The quantitative estimate of drug-likeness (QED) is 0.728. The Hall–Kier alpha value is -1.94. The van der Waals surface area contributed by atoms with Gasteiger partial charge in [-0.1, -0.05) is 36.4 Å². The number of carbonyl (C=O) groups excluding carboxylic acids is 1. The molecule has 0 saturated carbocycles. The van der Waals surface area contributed by atoms with Gasteiger partial charge in [0.25, 0.3) is 0 Å². The summed E-state index contributed by atoms with van der Waals surface area (Å²) in [6.45, 7) is 0. The molecule has 0 radical (unpaired) electrons. The Morgan fingerprint density at radius 1 is 0.833 bits per heavy atom. The van der Waals surface area contributed by atoms with Gasteiger partial charge in [-0.15, -0.1) is 0 Å². The van der Waals surface area contributed by atoms with Gasteiger partial charge in [-0.2, -0.15) is 0 Å². The van der Waals surface area contributed by atoms with Crippen molar-refractivity contribution in [3.63, 3.8) is 0 Å². The summed E-state index contributed by atoms with van der Waals surface area (Å²) in [4.78, 5) is 12.5. The Morgan fingerprint density at radius 3 is 2.22 bits per heavy atom. The molecule has 0 bridgehead atoms. The Labute approximate surface area is 105 Å². The molecule has 0 spiro atoms. The number of hydrogen-bond donors (Lipinski definition) is 0. The molecule has 18 heavy (non-hydrogen) atoms. The molecule has 0 aliphatic carbocycles. The smallest absolute Gasteiger partial charge is 0.194 e. The fraction of sp³-hybridized carbons (Fsp3) is 0.0714. The first-order chi connectivity index (χ1) is 8.59. The largest absolute Gasteiger partial charge is 0.289 e. The van der Waals surface area contributed by atoms with Crippen molar-refractivity contribution in [1.29, 1.82) is 0 Å². The van der Waals surface area contributed by atoms with E-state index in [1.54, 1.807) is 42.5 Å². The second kappa shape index (κ2) is 3.78. The lowest BCUT2D eigenvalue weighted by atomic mass is 9.99. The maximum atomic E-state index is 12.4. The molecule has 0 unspecified atom stereocenters. The van der Waals surface area contributed by atoms with E-state index in [0.29, 0.717) is 11.1 Å². The van der Waals surface area contributed by atoms with Gasteiger partial charge in [-0.05, 0) is 17.7 Å². The van der Waals surface area contributed by atoms with Gasteiger partial charge in [0.05, 0.1) is 10.6 Å². The van der Waals surface area contributed by atoms with Crippen LogP contribution < -0.4 is 0 Å². The molecule has 1 aliphatic rings. The Kier molecular flexibility index (Phi) is 2.35. The van der Waals surface area contributed by atoms with E-state index in [1.807, 2.05) is 0 Å². The highest BCUT2D eigenvalue weighted by molar-refractivity contribution is 7.90. The van der Waals surface area contributed by atoms with Crippen molar-refractivity contribution in [1.82, 2.24) is 0 Å². The average molecular weight is 258 g/mol. The molecule has 0 fully saturated rings. The zero-order valence-corrected chi connectivity index (χ0v) is 10.3. The van der Waals surface area contributed by atoms with E-state index in [4.69, 9.17) is 0 Å². The lowest BCUT2D eigenvalue weighted by Gasteiger charge is -2.03. The summed E-state index contributed by atoms with van der Waals surface area (Å²) in [7, 11) is -3.45. The van der Waals surface area contributed by atoms with Crippen LogP contribution in [-0.4, -0.2) is 14.2 Å². The van der Waals surface area contributed by atoms with Gasteiger partial charge in [-0.25, -0.2) is 8.42 Å². The van der Waals surface area contributed by atoms with Crippen LogP contribution in [0.4, 0.5) is 0 Å². The zero-order chi connectivity index (χ0) is 12.8. The van der Waals surface area contributed by atoms with E-state index >= 15 is 0 Å². The fourth-order valence-corrected chi connectivity index (χ4v) is 3.82. The first-order valence-corrected chi connectivity index (χ1v) is 7.19. The van der Waals surface area contributed by atoms with E-state index in [9.17, 15) is 13.2 Å². The Morgan fingerprint density at radius 2 is 1.44 bits per heavy atom. The molecule has 3 nitrogen and oxygen atoms in total. The molecule has 2 aromatic rings. The molecule has 4 heteroatoms. The molecular formula is C14H10O3S. The fourth-order valence-electron chi connectivity index (χ4n) is 2.22. The van der Waals surface area contributed by atoms with Gasteiger partial charge < -0.3 is 0 Å². The van der Waals surface area contributed by atoms with Crippen molar-refractivity contribution < 1.29 is 13.2 Å². The number of rotatable bonds is 0. The minimum Gasteiger partial charge on any atom is -0.289 e. The predicted molar refractivity (Wildman–Crippen MR) is 67.2 cm³/mol. The first-order valence-electron chi connectivity index (χ1n) is 5.54. The number of hydrogen-bond acceptors (Lipinski definition) is 3. The standard InChI is InChI=1S/C14H10O3S/c15-14-11-6-2-1-5-10(11)9-18(16,17)13-8-4-3-7-12(13)14/h1-8H,9H2. The average Bonchev–Trinajstić information content (AvgIpc) is 2.45. The van der Waals surface area contributed by atoms with Crippen molar-refractivity contribution in [2.24, 2.45) is 0 Å². The van der Waals surface area contributed by atoms with Crippen LogP contribution in [0.5, 0.6) is 0 Å². The summed E-state index contributed by atoms with van der Waals surface area (Å²) in [6, 6.07) is 13.2. The van der Waals surface area contributed by atoms with Crippen molar-refractivity contribution in [2.45, 2.75) is 10.6 Å². The van der Waals surface area contributed by atoms with Crippen molar-refractivity contribution >= 4 is 15.6 Å². The van der Waals surface area contributed by atoms with Crippen LogP contribution in [0.3, 0.4) is 0 Å². The van der Waals surface area contributed by atoms with E-state index in [1.165, 1.54) is 6.07 Å². The van der Waals surface area contributed by atoms with Crippen LogP contribution in [0, 0.1) is 0 Å². The number of sulfone groups is 1. The van der Waals surface area contributed by atoms with Crippen LogP contribution in [0.15, 0.2) is 53.4 Å². The molecule has 0 saturated heterocycles. The van der Waals surface area contributed by atoms with E-state index < -0.39 is 9.84 Å². The van der Waals surface area contributed by atoms with Crippen LogP contribution in [0.25, 0.3) is 0 Å². The van der Waals surface area contributed by atoms with E-state index in [0.717, 1.165) is 0 Å². The lowest BCUT2D eigenvalue weighted by molar-refractivity contribution is 0.103. The summed E-state index contributed by atoms with van der Waals surface area (Å²) in [5, 5.41) is 0. The van der Waals surface area contributed by atoms with Gasteiger partial charge >= 0.3 is 0 Å². The van der Waals surface area contributed by atoms with Crippen molar-refractivity contribution in [3.8, 4) is 0 Å². The summed E-state index contributed by atoms with van der Waals surface area (Å²) in [5.41, 5.74) is 1.31. The molecule has 1 aliphatic heterocycles. The van der Waals surface area contributed by atoms with Crippen LogP contribution in [0.1, 0.15) is 21.5 Å². The molecule has 1 heterocycles. The lowest BCUT2D eigenvalue weighted by Crippen LogP contribution is -2.05. The van der Waals surface area contributed by atoms with Crippen molar-refractivity contribution in [2.75, 3.05) is 0 Å². The molecule has 0 atom stereocenters. The summed E-state index contributed by atoms with van der Waals surface area (Å²) < 4.78 is 24.5. The molecule has 0 N–H and O–H groups in total. The zero-order valence-electron chi connectivity index (χ0n) is 9.46. The van der Waals surface area contributed by atoms with Gasteiger partial charge in [0.15, 0.2) is 15.6 Å². The highest BCUT2D eigenvalue weighted by atomic mass is 32.2. The highest BCUT2D eigenvalue weighted by Crippen LogP contribution is 2.29. The van der Waals surface area contributed by atoms with Crippen LogP contribution in [0.2, 0.25) is 0 Å². The summed E-state index contributed by atoms with van der Waals surface area (Å²) >= 11 is 0. The number of ketones is 1. The summed E-state index contributed by atoms with van der Waals surface area (Å²) in [6.07, 6.45) is 0. The normalized spacial score (nSPS) is 16.6. The molecule has 90 valence electrons. The highest BCUT2D eigenvalue weighted by Gasteiger charge is 2.29. The monoisotopic (exact) mass is 258 g/mol. The van der Waals surface area contributed by atoms with Crippen LogP contribution in [-0.2, 0) is 15.6 Å². The third-order valence-corrected chi connectivity index (χ3v) is 4.79. The molecule has 2 aromatic carbocycles. The topological polar surface area (TPSA) is 51.2 Å². The molecular weight excluding hydrogens is 248 g/mol. The second-order valence-electron chi connectivity index (χ2n) is 4.24. The van der Waals surface area contributed by atoms with Gasteiger partial charge in [0.1, 0.15) is 0 Å². The Bertz CT molecular complexity index is 745. The Balaban J connectivity index is 2.39. The third-order valence-electron chi connectivity index (χ3n) is 3.07. The third kappa shape index (κ3) is 1.57. The molecule has 0 aromatic heterocycles. The van der Waals surface area contributed by atoms with E-state index in [2.05, 4.69) is 0 Å². The molecule has 3 rings (SSSR count). The van der Waals surface area contributed by atoms with Gasteiger partial charge in [-0.3, -0.25) is 4.79 Å². The number of fused-ring (bicyclic) bond motifs is 2. The second-order valence-corrected chi connectivity index (χ2v) is 6.20. The maximum absolute atomic E-state index is 12.4. The van der Waals surface area contributed by atoms with Gasteiger partial charge in [0.2, 0.25) is 0 Å². The minimum absolute atomic E-state index is 0.119. The molecule has 0 amide bonds. The van der Waals surface area contributed by atoms with E-state index in [-0.39, 0.29) is 22.0 Å². The first kappa shape index (κ1) is 11.2. The van der Waals surface area contributed by atoms with Crippen molar-refractivity contribution in [3.05, 3.63) is 65.2 Å². The SMILES string of the molecule is O=C1c2ccccc2CS(=O)(=O)c2ccccc21. The van der Waals surface area contributed by atoms with Gasteiger partial charge in [0, 0.05) is 11.1 Å². The predicted octanol–water partition coefficient (Wildman–Crippen LogP) is 2.20. The van der Waals surface area contributed by atoms with Crippen LogP contribution >= 0.6 is 0 Å². The maximum Gasteiger partial charge on any atom is 0.194 e. The number of benzene rings is 2. The minimum atomic E-state index is -3.45. The number of carbonyl (C=O) groups is 1.